The lowest BCUT2D eigenvalue weighted by Crippen LogP contribution is -1.92. The van der Waals surface area contributed by atoms with E-state index in [4.69, 9.17) is 0 Å². The van der Waals surface area contributed by atoms with E-state index in [9.17, 15) is 14.5 Å². The van der Waals surface area contributed by atoms with Crippen LogP contribution in [0.5, 0.6) is 0 Å². The summed E-state index contributed by atoms with van der Waals surface area (Å²) in [6, 6.07) is 2.07. The van der Waals surface area contributed by atoms with Crippen LogP contribution in [0.2, 0.25) is 0 Å². The smallest absolute Gasteiger partial charge is 0.258 e. The molecule has 1 aromatic carbocycles. The van der Waals surface area contributed by atoms with Gasteiger partial charge in [0.15, 0.2) is 0 Å². The Labute approximate surface area is 81.3 Å². The van der Waals surface area contributed by atoms with Crippen LogP contribution in [-0.2, 0) is 0 Å². The normalized spacial score (nSPS) is 9.92. The zero-order valence-electron chi connectivity index (χ0n) is 5.62. The third-order valence-corrected chi connectivity index (χ3v) is 2.55. The molecule has 0 fully saturated rings. The standard InChI is InChI=1S/C6H3BrFNO2S/c7-3-1-4(8)5(9(10)11)2-6(3)12/h1-2,12H. The third kappa shape index (κ3) is 1.75. The molecule has 0 heterocycles. The predicted molar refractivity (Wildman–Crippen MR) is 48.0 cm³/mol. The summed E-state index contributed by atoms with van der Waals surface area (Å²) in [5.74, 6) is -0.871. The number of halogens is 2. The van der Waals surface area contributed by atoms with Gasteiger partial charge in [-0.25, -0.2) is 0 Å². The number of hydrogen-bond acceptors (Lipinski definition) is 3. The van der Waals surface area contributed by atoms with Crippen LogP contribution in [0.4, 0.5) is 10.1 Å². The highest BCUT2D eigenvalue weighted by atomic mass is 79.9. The van der Waals surface area contributed by atoms with Gasteiger partial charge in [-0.2, -0.15) is 4.39 Å². The van der Waals surface area contributed by atoms with Crippen molar-refractivity contribution in [2.45, 2.75) is 4.90 Å². The average Bonchev–Trinajstić information content (AvgIpc) is 1.96. The first-order chi connectivity index (χ1) is 5.52. The predicted octanol–water partition coefficient (Wildman–Crippen LogP) is 2.79. The molecule has 0 radical (unpaired) electrons. The molecule has 0 saturated carbocycles. The lowest BCUT2D eigenvalue weighted by Gasteiger charge is -1.97. The Morgan fingerprint density at radius 3 is 2.67 bits per heavy atom. The van der Waals surface area contributed by atoms with E-state index in [1.807, 2.05) is 0 Å². The van der Waals surface area contributed by atoms with Gasteiger partial charge in [0.05, 0.1) is 4.92 Å². The Hall–Kier alpha value is -0.620. The van der Waals surface area contributed by atoms with Crippen LogP contribution in [0.1, 0.15) is 0 Å². The number of thiol groups is 1. The second-order valence-corrected chi connectivity index (χ2v) is 3.35. The molecule has 0 saturated heterocycles. The van der Waals surface area contributed by atoms with Gasteiger partial charge in [0.1, 0.15) is 0 Å². The van der Waals surface area contributed by atoms with Gasteiger partial charge in [-0.1, -0.05) is 0 Å². The fraction of sp³-hybridized carbons (Fsp3) is 0. The molecule has 0 aliphatic heterocycles. The molecule has 3 nitrogen and oxygen atoms in total. The summed E-state index contributed by atoms with van der Waals surface area (Å²) in [4.78, 5) is 9.75. The highest BCUT2D eigenvalue weighted by molar-refractivity contribution is 9.10. The molecule has 64 valence electrons. The van der Waals surface area contributed by atoms with E-state index in [1.54, 1.807) is 0 Å². The Morgan fingerprint density at radius 1 is 1.58 bits per heavy atom. The van der Waals surface area contributed by atoms with Crippen molar-refractivity contribution in [2.24, 2.45) is 0 Å². The lowest BCUT2D eigenvalue weighted by molar-refractivity contribution is -0.387. The van der Waals surface area contributed by atoms with Gasteiger partial charge in [0.25, 0.3) is 0 Å². The summed E-state index contributed by atoms with van der Waals surface area (Å²) in [6.07, 6.45) is 0. The first-order valence-electron chi connectivity index (χ1n) is 2.85. The monoisotopic (exact) mass is 251 g/mol. The molecule has 0 unspecified atom stereocenters. The summed E-state index contributed by atoms with van der Waals surface area (Å²) >= 11 is 6.88. The molecule has 0 amide bonds. The summed E-state index contributed by atoms with van der Waals surface area (Å²) < 4.78 is 13.2. The molecule has 0 aromatic heterocycles. The second-order valence-electron chi connectivity index (χ2n) is 2.01. The molecule has 0 aliphatic rings. The molecule has 0 N–H and O–H groups in total. The zero-order chi connectivity index (χ0) is 9.30. The molecule has 0 spiro atoms. The molecule has 0 atom stereocenters. The Bertz CT molecular complexity index is 345. The van der Waals surface area contributed by atoms with Crippen LogP contribution >= 0.6 is 28.6 Å². The first kappa shape index (κ1) is 9.47. The van der Waals surface area contributed by atoms with Gasteiger partial charge >= 0.3 is 5.69 Å². The Balaban J connectivity index is 3.33. The fourth-order valence-electron chi connectivity index (χ4n) is 0.666. The van der Waals surface area contributed by atoms with Crippen LogP contribution in [0.15, 0.2) is 21.5 Å². The van der Waals surface area contributed by atoms with Gasteiger partial charge in [0, 0.05) is 15.4 Å². The second kappa shape index (κ2) is 3.40. The van der Waals surface area contributed by atoms with Crippen LogP contribution in [0.25, 0.3) is 0 Å². The number of nitro groups is 1. The molecule has 0 aliphatic carbocycles. The van der Waals surface area contributed by atoms with Gasteiger partial charge in [-0.3, -0.25) is 10.1 Å². The summed E-state index contributed by atoms with van der Waals surface area (Å²) in [5.41, 5.74) is -0.566. The summed E-state index contributed by atoms with van der Waals surface area (Å²) in [5, 5.41) is 10.2. The minimum atomic E-state index is -0.871. The van der Waals surface area contributed by atoms with Crippen LogP contribution in [-0.4, -0.2) is 4.92 Å². The van der Waals surface area contributed by atoms with Crippen molar-refractivity contribution >= 4 is 34.2 Å². The Morgan fingerprint density at radius 2 is 2.17 bits per heavy atom. The highest BCUT2D eigenvalue weighted by Gasteiger charge is 2.15. The van der Waals surface area contributed by atoms with Crippen LogP contribution in [0.3, 0.4) is 0 Å². The number of hydrogen-bond donors (Lipinski definition) is 1. The van der Waals surface area contributed by atoms with Crippen molar-refractivity contribution in [3.8, 4) is 0 Å². The van der Waals surface area contributed by atoms with E-state index in [0.717, 1.165) is 12.1 Å². The van der Waals surface area contributed by atoms with Crippen molar-refractivity contribution in [3.05, 3.63) is 32.5 Å². The van der Waals surface area contributed by atoms with Crippen molar-refractivity contribution < 1.29 is 9.31 Å². The van der Waals surface area contributed by atoms with E-state index in [1.165, 1.54) is 0 Å². The van der Waals surface area contributed by atoms with Crippen LogP contribution < -0.4 is 0 Å². The minimum absolute atomic E-state index is 0.336. The van der Waals surface area contributed by atoms with E-state index in [0.29, 0.717) is 9.37 Å². The van der Waals surface area contributed by atoms with Gasteiger partial charge in [0.2, 0.25) is 5.82 Å². The van der Waals surface area contributed by atoms with Crippen molar-refractivity contribution in [1.29, 1.82) is 0 Å². The topological polar surface area (TPSA) is 43.1 Å². The van der Waals surface area contributed by atoms with E-state index in [-0.39, 0.29) is 0 Å². The van der Waals surface area contributed by atoms with E-state index >= 15 is 0 Å². The van der Waals surface area contributed by atoms with Crippen molar-refractivity contribution in [2.75, 3.05) is 0 Å². The Kier molecular flexibility index (Phi) is 2.69. The molecular weight excluding hydrogens is 249 g/mol. The molecule has 6 heteroatoms. The maximum absolute atomic E-state index is 12.8. The summed E-state index contributed by atoms with van der Waals surface area (Å²) in [6.45, 7) is 0. The maximum Gasteiger partial charge on any atom is 0.305 e. The third-order valence-electron chi connectivity index (χ3n) is 1.21. The molecule has 1 rings (SSSR count). The average molecular weight is 252 g/mol. The number of benzene rings is 1. The first-order valence-corrected chi connectivity index (χ1v) is 4.09. The number of nitro benzene ring substituents is 1. The van der Waals surface area contributed by atoms with Crippen molar-refractivity contribution in [3.63, 3.8) is 0 Å². The number of rotatable bonds is 1. The van der Waals surface area contributed by atoms with E-state index in [2.05, 4.69) is 28.6 Å². The largest absolute Gasteiger partial charge is 0.305 e. The molecule has 0 bridgehead atoms. The minimum Gasteiger partial charge on any atom is -0.258 e. The van der Waals surface area contributed by atoms with E-state index < -0.39 is 16.4 Å². The van der Waals surface area contributed by atoms with Crippen LogP contribution in [0, 0.1) is 15.9 Å². The fourth-order valence-corrected chi connectivity index (χ4v) is 1.17. The zero-order valence-corrected chi connectivity index (χ0v) is 8.10. The number of nitrogens with zero attached hydrogens (tertiary/aromatic N) is 1. The van der Waals surface area contributed by atoms with Gasteiger partial charge in [-0.05, 0) is 22.0 Å². The molecule has 1 aromatic rings. The van der Waals surface area contributed by atoms with Crippen molar-refractivity contribution in [1.82, 2.24) is 0 Å². The van der Waals surface area contributed by atoms with Gasteiger partial charge < -0.3 is 0 Å². The lowest BCUT2D eigenvalue weighted by atomic mass is 10.3. The molecule has 12 heavy (non-hydrogen) atoms. The highest BCUT2D eigenvalue weighted by Crippen LogP contribution is 2.28. The SMILES string of the molecule is O=[N+]([O-])c1cc(S)c(Br)cc1F. The van der Waals surface area contributed by atoms with Gasteiger partial charge in [-0.15, -0.1) is 12.6 Å². The maximum atomic E-state index is 12.8. The quantitative estimate of drug-likeness (QED) is 0.474. The summed E-state index contributed by atoms with van der Waals surface area (Å²) in [7, 11) is 0. The molecular formula is C6H3BrFNO2S.